The Morgan fingerprint density at radius 1 is 1.14 bits per heavy atom. The van der Waals surface area contributed by atoms with Crippen LogP contribution in [-0.4, -0.2) is 20.9 Å². The van der Waals surface area contributed by atoms with Gasteiger partial charge in [-0.05, 0) is 42.7 Å². The minimum atomic E-state index is -1.13. The molecule has 2 aromatic carbocycles. The lowest BCUT2D eigenvalue weighted by atomic mass is 10.2. The lowest BCUT2D eigenvalue weighted by Crippen LogP contribution is -2.22. The van der Waals surface area contributed by atoms with Crippen LogP contribution in [0.3, 0.4) is 0 Å². The minimum absolute atomic E-state index is 0.125. The third-order valence-corrected chi connectivity index (χ3v) is 4.33. The van der Waals surface area contributed by atoms with E-state index < -0.39 is 17.7 Å². The van der Waals surface area contributed by atoms with Crippen LogP contribution in [0.25, 0.3) is 5.69 Å². The number of aromatic nitrogens is 2. The molecule has 6 nitrogen and oxygen atoms in total. The average molecular weight is 400 g/mol. The molecule has 0 saturated heterocycles. The van der Waals surface area contributed by atoms with Crippen molar-refractivity contribution >= 4 is 17.5 Å². The number of nitrogens with one attached hydrogen (secondary N) is 2. The minimum Gasteiger partial charge on any atom is -0.392 e. The van der Waals surface area contributed by atoms with Crippen molar-refractivity contribution < 1.29 is 18.7 Å². The predicted molar refractivity (Wildman–Crippen MR) is 107 cm³/mol. The summed E-state index contributed by atoms with van der Waals surface area (Å²) in [5, 5.41) is 18.9. The second-order valence-corrected chi connectivity index (χ2v) is 6.54. The zero-order valence-electron chi connectivity index (χ0n) is 16.0. The molecule has 1 heterocycles. The highest BCUT2D eigenvalue weighted by Gasteiger charge is 2.15. The van der Waals surface area contributed by atoms with E-state index in [4.69, 9.17) is 0 Å². The van der Waals surface area contributed by atoms with Crippen LogP contribution >= 0.6 is 0 Å². The highest BCUT2D eigenvalue weighted by molar-refractivity contribution is 5.99. The number of carbonyl (C=O) groups excluding carboxylic acids is 1. The molecule has 3 N–H and O–H groups in total. The van der Waals surface area contributed by atoms with Gasteiger partial charge in [0.1, 0.15) is 5.82 Å². The summed E-state index contributed by atoms with van der Waals surface area (Å²) in [6.07, 6.45) is 2.67. The number of urea groups is 1. The van der Waals surface area contributed by atoms with Gasteiger partial charge in [-0.1, -0.05) is 31.5 Å². The molecule has 3 rings (SSSR count). The maximum Gasteiger partial charge on any atom is 0.324 e. The first-order valence-electron chi connectivity index (χ1n) is 9.33. The van der Waals surface area contributed by atoms with Gasteiger partial charge in [0.2, 0.25) is 0 Å². The molecular formula is C21H22F2N4O2. The lowest BCUT2D eigenvalue weighted by Gasteiger charge is -2.11. The Hall–Kier alpha value is -3.26. The van der Waals surface area contributed by atoms with Gasteiger partial charge >= 0.3 is 6.03 Å². The van der Waals surface area contributed by atoms with Crippen LogP contribution in [0.4, 0.5) is 25.1 Å². The standard InChI is InChI=1S/C21H22F2N4O2/c1-2-3-7-15-12-19(27(26-15)16-8-4-6-14(11-16)13-28)25-21(29)24-18-10-5-9-17(22)20(18)23/h4-6,8-12,28H,2-3,7,13H2,1H3,(H2,24,25,29). The topological polar surface area (TPSA) is 79.2 Å². The van der Waals surface area contributed by atoms with Crippen molar-refractivity contribution in [1.82, 2.24) is 9.78 Å². The summed E-state index contributed by atoms with van der Waals surface area (Å²) >= 11 is 0. The van der Waals surface area contributed by atoms with E-state index in [9.17, 15) is 18.7 Å². The first-order chi connectivity index (χ1) is 14.0. The molecule has 29 heavy (non-hydrogen) atoms. The number of rotatable bonds is 7. The van der Waals surface area contributed by atoms with E-state index in [0.29, 0.717) is 17.1 Å². The van der Waals surface area contributed by atoms with Crippen LogP contribution in [0.2, 0.25) is 0 Å². The largest absolute Gasteiger partial charge is 0.392 e. The quantitative estimate of drug-likeness (QED) is 0.541. The predicted octanol–water partition coefficient (Wildman–Crippen LogP) is 4.63. The summed E-state index contributed by atoms with van der Waals surface area (Å²) < 4.78 is 28.7. The van der Waals surface area contributed by atoms with Gasteiger partial charge in [-0.15, -0.1) is 0 Å². The van der Waals surface area contributed by atoms with Crippen molar-refractivity contribution in [1.29, 1.82) is 0 Å². The second kappa shape index (κ2) is 9.29. The van der Waals surface area contributed by atoms with Crippen molar-refractivity contribution in [2.45, 2.75) is 32.8 Å². The number of nitrogens with zero attached hydrogens (tertiary/aromatic N) is 2. The Kier molecular flexibility index (Phi) is 6.56. The van der Waals surface area contributed by atoms with E-state index in [1.807, 2.05) is 0 Å². The summed E-state index contributed by atoms with van der Waals surface area (Å²) in [6.45, 7) is 1.95. The van der Waals surface area contributed by atoms with Crippen molar-refractivity contribution in [2.75, 3.05) is 10.6 Å². The van der Waals surface area contributed by atoms with Gasteiger partial charge in [-0.3, -0.25) is 5.32 Å². The molecule has 0 unspecified atom stereocenters. The maximum absolute atomic E-state index is 13.8. The van der Waals surface area contributed by atoms with Crippen LogP contribution in [0, 0.1) is 11.6 Å². The molecule has 3 aromatic rings. The maximum atomic E-state index is 13.8. The molecule has 0 spiro atoms. The first-order valence-corrected chi connectivity index (χ1v) is 9.33. The van der Waals surface area contributed by atoms with Gasteiger partial charge in [-0.25, -0.2) is 18.3 Å². The Morgan fingerprint density at radius 3 is 2.69 bits per heavy atom. The van der Waals surface area contributed by atoms with Crippen LogP contribution in [0.15, 0.2) is 48.5 Å². The van der Waals surface area contributed by atoms with E-state index in [1.54, 1.807) is 35.0 Å². The fraction of sp³-hybridized carbons (Fsp3) is 0.238. The zero-order chi connectivity index (χ0) is 20.8. The number of aliphatic hydroxyl groups excluding tert-OH is 1. The number of aryl methyl sites for hydroxylation is 1. The molecule has 1 aromatic heterocycles. The SMILES string of the molecule is CCCCc1cc(NC(=O)Nc2cccc(F)c2F)n(-c2cccc(CO)c2)n1. The smallest absolute Gasteiger partial charge is 0.324 e. The molecule has 0 radical (unpaired) electrons. The molecule has 0 atom stereocenters. The zero-order valence-corrected chi connectivity index (χ0v) is 16.0. The first kappa shape index (κ1) is 20.5. The van der Waals surface area contributed by atoms with E-state index in [2.05, 4.69) is 22.7 Å². The number of anilines is 2. The number of halogens is 2. The number of carbonyl (C=O) groups is 1. The Bertz CT molecular complexity index is 1000. The van der Waals surface area contributed by atoms with E-state index in [0.717, 1.165) is 31.0 Å². The van der Waals surface area contributed by atoms with Gasteiger partial charge in [0.25, 0.3) is 0 Å². The fourth-order valence-corrected chi connectivity index (χ4v) is 2.85. The number of hydrogen-bond donors (Lipinski definition) is 3. The van der Waals surface area contributed by atoms with Gasteiger partial charge in [0, 0.05) is 6.07 Å². The van der Waals surface area contributed by atoms with E-state index in [1.165, 1.54) is 12.1 Å². The molecular weight excluding hydrogens is 378 g/mol. The molecule has 0 aliphatic carbocycles. The third kappa shape index (κ3) is 4.97. The number of amides is 2. The van der Waals surface area contributed by atoms with Crippen LogP contribution in [0.1, 0.15) is 31.0 Å². The average Bonchev–Trinajstić information content (AvgIpc) is 3.12. The molecule has 2 amide bonds. The molecule has 0 aliphatic rings. The Morgan fingerprint density at radius 2 is 1.93 bits per heavy atom. The molecule has 0 saturated carbocycles. The van der Waals surface area contributed by atoms with Crippen molar-refractivity contribution in [2.24, 2.45) is 0 Å². The highest BCUT2D eigenvalue weighted by atomic mass is 19.2. The van der Waals surface area contributed by atoms with Crippen molar-refractivity contribution in [3.05, 3.63) is 71.4 Å². The summed E-state index contributed by atoms with van der Waals surface area (Å²) in [5.41, 5.74) is 1.88. The summed E-state index contributed by atoms with van der Waals surface area (Å²) in [6, 6.07) is 11.7. The van der Waals surface area contributed by atoms with Gasteiger partial charge in [0.15, 0.2) is 11.6 Å². The van der Waals surface area contributed by atoms with Crippen LogP contribution < -0.4 is 10.6 Å². The van der Waals surface area contributed by atoms with Crippen molar-refractivity contribution in [3.8, 4) is 5.69 Å². The van der Waals surface area contributed by atoms with Crippen LogP contribution in [0.5, 0.6) is 0 Å². The number of hydrogen-bond acceptors (Lipinski definition) is 3. The molecule has 0 bridgehead atoms. The summed E-state index contributed by atoms with van der Waals surface area (Å²) in [4.78, 5) is 12.4. The fourth-order valence-electron chi connectivity index (χ4n) is 2.85. The van der Waals surface area contributed by atoms with E-state index in [-0.39, 0.29) is 12.3 Å². The molecule has 8 heteroatoms. The second-order valence-electron chi connectivity index (χ2n) is 6.54. The van der Waals surface area contributed by atoms with Gasteiger partial charge in [0.05, 0.1) is 23.7 Å². The molecule has 0 aliphatic heterocycles. The third-order valence-electron chi connectivity index (χ3n) is 4.33. The number of unbranched alkanes of at least 4 members (excludes halogenated alkanes) is 1. The van der Waals surface area contributed by atoms with E-state index >= 15 is 0 Å². The highest BCUT2D eigenvalue weighted by Crippen LogP contribution is 2.21. The van der Waals surface area contributed by atoms with Gasteiger partial charge < -0.3 is 10.4 Å². The summed E-state index contributed by atoms with van der Waals surface area (Å²) in [7, 11) is 0. The van der Waals surface area contributed by atoms with Crippen LogP contribution in [-0.2, 0) is 13.0 Å². The molecule has 152 valence electrons. The summed E-state index contributed by atoms with van der Waals surface area (Å²) in [5.74, 6) is -1.80. The molecule has 0 fully saturated rings. The normalized spacial score (nSPS) is 10.8. The Labute approximate surface area is 167 Å². The van der Waals surface area contributed by atoms with Crippen molar-refractivity contribution in [3.63, 3.8) is 0 Å². The number of aliphatic hydroxyl groups is 1. The Balaban J connectivity index is 1.87. The lowest BCUT2D eigenvalue weighted by molar-refractivity contribution is 0.262. The number of benzene rings is 2. The monoisotopic (exact) mass is 400 g/mol. The van der Waals surface area contributed by atoms with Gasteiger partial charge in [-0.2, -0.15) is 5.10 Å².